The minimum absolute atomic E-state index is 0.00960. The molecule has 1 aliphatic heterocycles. The van der Waals surface area contributed by atoms with Crippen LogP contribution in [0.15, 0.2) is 12.4 Å². The zero-order chi connectivity index (χ0) is 12.5. The summed E-state index contributed by atoms with van der Waals surface area (Å²) in [6, 6.07) is 0. The highest BCUT2D eigenvalue weighted by Crippen LogP contribution is 2.37. The lowest BCUT2D eigenvalue weighted by molar-refractivity contribution is 0.0690. The molecule has 1 N–H and O–H groups in total. The second-order valence-electron chi connectivity index (χ2n) is 5.27. The molecule has 0 radical (unpaired) electrons. The van der Waals surface area contributed by atoms with E-state index in [0.717, 1.165) is 30.7 Å². The zero-order valence-electron chi connectivity index (χ0n) is 10.2. The molecule has 0 aromatic carbocycles. The highest BCUT2D eigenvalue weighted by molar-refractivity contribution is 5.84. The van der Waals surface area contributed by atoms with Crippen molar-refractivity contribution in [2.75, 3.05) is 18.0 Å². The van der Waals surface area contributed by atoms with Crippen LogP contribution in [0.4, 0.5) is 5.82 Å². The first kappa shape index (κ1) is 11.4. The molecule has 1 aromatic rings. The van der Waals surface area contributed by atoms with Gasteiger partial charge in [0.1, 0.15) is 5.82 Å². The summed E-state index contributed by atoms with van der Waals surface area (Å²) in [4.78, 5) is 21.1. The number of hydrogen-bond acceptors (Lipinski definition) is 4. The van der Waals surface area contributed by atoms with E-state index in [9.17, 15) is 4.79 Å². The van der Waals surface area contributed by atoms with E-state index in [2.05, 4.69) is 14.9 Å². The van der Waals surface area contributed by atoms with E-state index in [1.807, 2.05) is 0 Å². The molecule has 96 valence electrons. The van der Waals surface area contributed by atoms with Gasteiger partial charge in [-0.15, -0.1) is 0 Å². The predicted octanol–water partition coefficient (Wildman–Crippen LogP) is 1.80. The number of hydrogen-bond donors (Lipinski definition) is 1. The molecule has 1 aliphatic carbocycles. The zero-order valence-corrected chi connectivity index (χ0v) is 10.2. The number of aromatic nitrogens is 2. The van der Waals surface area contributed by atoms with Crippen LogP contribution in [0.2, 0.25) is 0 Å². The first-order valence-corrected chi connectivity index (χ1v) is 6.54. The maximum atomic E-state index is 10.7. The summed E-state index contributed by atoms with van der Waals surface area (Å²) in [7, 11) is 0. The fraction of sp³-hybridized carbons (Fsp3) is 0.615. The van der Waals surface area contributed by atoms with Gasteiger partial charge in [0.15, 0.2) is 5.69 Å². The van der Waals surface area contributed by atoms with E-state index >= 15 is 0 Å². The van der Waals surface area contributed by atoms with Crippen LogP contribution in [-0.4, -0.2) is 34.1 Å². The quantitative estimate of drug-likeness (QED) is 0.863. The molecule has 2 fully saturated rings. The Balaban J connectivity index is 1.73. The van der Waals surface area contributed by atoms with Crippen molar-refractivity contribution in [1.29, 1.82) is 0 Å². The highest BCUT2D eigenvalue weighted by Gasteiger charge is 2.34. The average molecular weight is 247 g/mol. The van der Waals surface area contributed by atoms with Crippen LogP contribution < -0.4 is 4.90 Å². The third-order valence-corrected chi connectivity index (χ3v) is 4.16. The molecule has 1 saturated carbocycles. The summed E-state index contributed by atoms with van der Waals surface area (Å²) < 4.78 is 0. The van der Waals surface area contributed by atoms with Crippen molar-refractivity contribution in [3.63, 3.8) is 0 Å². The van der Waals surface area contributed by atoms with Crippen LogP contribution in [0.25, 0.3) is 0 Å². The van der Waals surface area contributed by atoms with Gasteiger partial charge in [-0.05, 0) is 24.7 Å². The van der Waals surface area contributed by atoms with Gasteiger partial charge in [0, 0.05) is 13.1 Å². The molecule has 0 unspecified atom stereocenters. The normalized spacial score (nSPS) is 27.0. The number of carbonyl (C=O) groups is 1. The molecule has 1 saturated heterocycles. The Morgan fingerprint density at radius 3 is 2.33 bits per heavy atom. The van der Waals surface area contributed by atoms with Gasteiger partial charge in [-0.1, -0.05) is 12.8 Å². The van der Waals surface area contributed by atoms with Crippen molar-refractivity contribution in [3.8, 4) is 0 Å². The summed E-state index contributed by atoms with van der Waals surface area (Å²) in [5.74, 6) is 1.37. The Morgan fingerprint density at radius 1 is 1.17 bits per heavy atom. The first-order chi connectivity index (χ1) is 8.74. The van der Waals surface area contributed by atoms with Gasteiger partial charge in [-0.25, -0.2) is 14.8 Å². The minimum atomic E-state index is -1.02. The van der Waals surface area contributed by atoms with Gasteiger partial charge < -0.3 is 10.0 Å². The summed E-state index contributed by atoms with van der Waals surface area (Å²) in [6.45, 7) is 2.09. The molecular weight excluding hydrogens is 230 g/mol. The summed E-state index contributed by atoms with van der Waals surface area (Å²) >= 11 is 0. The molecule has 0 amide bonds. The topological polar surface area (TPSA) is 66.3 Å². The Bertz CT molecular complexity index is 432. The van der Waals surface area contributed by atoms with Crippen molar-refractivity contribution < 1.29 is 9.90 Å². The van der Waals surface area contributed by atoms with E-state index in [0.29, 0.717) is 0 Å². The number of fused-ring (bicyclic) bond motifs is 1. The number of carboxylic acid groups (broad SMARTS) is 1. The number of nitrogens with zero attached hydrogens (tertiary/aromatic N) is 3. The standard InChI is InChI=1S/C13H17N3O2/c17-13(18)11-5-15-12(6-14-11)16-7-9-3-1-2-4-10(9)8-16/h5-6,9-10H,1-4,7-8H2,(H,17,18)/t9-,10+. The largest absolute Gasteiger partial charge is 0.476 e. The SMILES string of the molecule is O=C(O)c1cnc(N2C[C@H]3CCCC[C@H]3C2)cn1. The molecule has 18 heavy (non-hydrogen) atoms. The second-order valence-corrected chi connectivity index (χ2v) is 5.27. The lowest BCUT2D eigenvalue weighted by Gasteiger charge is -2.22. The fourth-order valence-corrected chi connectivity index (χ4v) is 3.19. The van der Waals surface area contributed by atoms with E-state index in [-0.39, 0.29) is 5.69 Å². The third kappa shape index (κ3) is 2.05. The maximum Gasteiger partial charge on any atom is 0.356 e. The lowest BCUT2D eigenvalue weighted by Crippen LogP contribution is -2.21. The van der Waals surface area contributed by atoms with Crippen LogP contribution in [0.5, 0.6) is 0 Å². The number of aromatic carboxylic acids is 1. The summed E-state index contributed by atoms with van der Waals surface area (Å²) in [5.41, 5.74) is 0.00960. The van der Waals surface area contributed by atoms with Crippen LogP contribution >= 0.6 is 0 Å². The van der Waals surface area contributed by atoms with E-state index < -0.39 is 5.97 Å². The Kier molecular flexibility index (Phi) is 2.89. The molecule has 3 rings (SSSR count). The van der Waals surface area contributed by atoms with Crippen LogP contribution in [0.1, 0.15) is 36.2 Å². The molecule has 5 heteroatoms. The number of rotatable bonds is 2. The molecule has 2 aliphatic rings. The van der Waals surface area contributed by atoms with Gasteiger partial charge in [0.2, 0.25) is 0 Å². The Labute approximate surface area is 106 Å². The van der Waals surface area contributed by atoms with Gasteiger partial charge in [0.05, 0.1) is 12.4 Å². The molecule has 5 nitrogen and oxygen atoms in total. The summed E-state index contributed by atoms with van der Waals surface area (Å²) in [5, 5.41) is 8.79. The van der Waals surface area contributed by atoms with Gasteiger partial charge in [-0.3, -0.25) is 0 Å². The van der Waals surface area contributed by atoms with Crippen molar-refractivity contribution in [2.24, 2.45) is 11.8 Å². The molecular formula is C13H17N3O2. The van der Waals surface area contributed by atoms with Crippen LogP contribution in [-0.2, 0) is 0 Å². The fourth-order valence-electron chi connectivity index (χ4n) is 3.19. The van der Waals surface area contributed by atoms with Gasteiger partial charge >= 0.3 is 5.97 Å². The van der Waals surface area contributed by atoms with Crippen molar-refractivity contribution in [3.05, 3.63) is 18.1 Å². The first-order valence-electron chi connectivity index (χ1n) is 6.54. The maximum absolute atomic E-state index is 10.7. The van der Waals surface area contributed by atoms with Gasteiger partial charge in [-0.2, -0.15) is 0 Å². The monoisotopic (exact) mass is 247 g/mol. The molecule has 0 bridgehead atoms. The second kappa shape index (κ2) is 4.55. The summed E-state index contributed by atoms with van der Waals surface area (Å²) in [6.07, 6.45) is 8.27. The molecule has 1 aromatic heterocycles. The van der Waals surface area contributed by atoms with Crippen LogP contribution in [0.3, 0.4) is 0 Å². The van der Waals surface area contributed by atoms with E-state index in [1.54, 1.807) is 6.20 Å². The average Bonchev–Trinajstić information content (AvgIpc) is 2.82. The van der Waals surface area contributed by atoms with Crippen molar-refractivity contribution >= 4 is 11.8 Å². The molecule has 2 atom stereocenters. The third-order valence-electron chi connectivity index (χ3n) is 4.16. The Hall–Kier alpha value is -1.65. The van der Waals surface area contributed by atoms with E-state index in [4.69, 9.17) is 5.11 Å². The molecule has 2 heterocycles. The predicted molar refractivity (Wildman–Crippen MR) is 66.7 cm³/mol. The highest BCUT2D eigenvalue weighted by atomic mass is 16.4. The van der Waals surface area contributed by atoms with Crippen molar-refractivity contribution in [2.45, 2.75) is 25.7 Å². The number of anilines is 1. The van der Waals surface area contributed by atoms with Gasteiger partial charge in [0.25, 0.3) is 0 Å². The Morgan fingerprint density at radius 2 is 1.83 bits per heavy atom. The minimum Gasteiger partial charge on any atom is -0.476 e. The van der Waals surface area contributed by atoms with E-state index in [1.165, 1.54) is 31.9 Å². The lowest BCUT2D eigenvalue weighted by atomic mass is 9.82. The van der Waals surface area contributed by atoms with Crippen LogP contribution in [0, 0.1) is 11.8 Å². The molecule has 0 spiro atoms. The smallest absolute Gasteiger partial charge is 0.356 e. The number of carboxylic acids is 1. The van der Waals surface area contributed by atoms with Crippen molar-refractivity contribution in [1.82, 2.24) is 9.97 Å².